The summed E-state index contributed by atoms with van der Waals surface area (Å²) >= 11 is 0. The van der Waals surface area contributed by atoms with Crippen LogP contribution in [0.15, 0.2) is 6.20 Å². The zero-order valence-corrected chi connectivity index (χ0v) is 13.9. The number of anilines is 1. The average Bonchev–Trinajstić information content (AvgIpc) is 2.87. The number of carbonyl (C=O) groups excluding carboxylic acids is 1. The molecule has 0 aliphatic carbocycles. The Labute approximate surface area is 132 Å². The Bertz CT molecular complexity index is 498. The standard InChI is InChI=1S/C16H28N4O2/c1-4-15-14(9-17-20(15)10-12(2)3)18-16(22)19-8-6-5-7-13(19)11-21/h9,12-13,21H,4-8,10-11H2,1-3H3,(H,18,22)/t13-/m1/s1. The largest absolute Gasteiger partial charge is 0.394 e. The second-order valence-corrected chi connectivity index (χ2v) is 6.39. The van der Waals surface area contributed by atoms with Gasteiger partial charge in [0.2, 0.25) is 0 Å². The van der Waals surface area contributed by atoms with E-state index in [1.807, 2.05) is 4.68 Å². The Morgan fingerprint density at radius 2 is 2.27 bits per heavy atom. The van der Waals surface area contributed by atoms with Crippen LogP contribution in [-0.2, 0) is 13.0 Å². The molecule has 0 saturated carbocycles. The highest BCUT2D eigenvalue weighted by Gasteiger charge is 2.26. The van der Waals surface area contributed by atoms with Crippen LogP contribution >= 0.6 is 0 Å². The number of carbonyl (C=O) groups is 1. The first kappa shape index (κ1) is 16.8. The minimum Gasteiger partial charge on any atom is -0.394 e. The molecule has 1 saturated heterocycles. The maximum absolute atomic E-state index is 12.5. The summed E-state index contributed by atoms with van der Waals surface area (Å²) in [6.45, 7) is 7.96. The summed E-state index contributed by atoms with van der Waals surface area (Å²) < 4.78 is 1.97. The number of piperidine rings is 1. The van der Waals surface area contributed by atoms with Crippen LogP contribution in [0.5, 0.6) is 0 Å². The van der Waals surface area contributed by atoms with E-state index in [1.54, 1.807) is 11.1 Å². The smallest absolute Gasteiger partial charge is 0.322 e. The first-order valence-corrected chi connectivity index (χ1v) is 8.30. The Hall–Kier alpha value is -1.56. The number of nitrogens with one attached hydrogen (secondary N) is 1. The minimum absolute atomic E-state index is 0.0284. The van der Waals surface area contributed by atoms with E-state index >= 15 is 0 Å². The first-order chi connectivity index (χ1) is 10.6. The van der Waals surface area contributed by atoms with Crippen molar-refractivity contribution in [3.63, 3.8) is 0 Å². The third-order valence-electron chi connectivity index (χ3n) is 4.16. The number of likely N-dealkylation sites (tertiary alicyclic amines) is 1. The third kappa shape index (κ3) is 3.80. The molecular formula is C16H28N4O2. The number of amides is 2. The molecule has 6 heteroatoms. The van der Waals surface area contributed by atoms with Gasteiger partial charge in [-0.2, -0.15) is 5.10 Å². The van der Waals surface area contributed by atoms with Crippen LogP contribution in [-0.4, -0.2) is 45.0 Å². The number of nitrogens with zero attached hydrogens (tertiary/aromatic N) is 3. The van der Waals surface area contributed by atoms with E-state index in [1.165, 1.54) is 0 Å². The van der Waals surface area contributed by atoms with Gasteiger partial charge in [0, 0.05) is 13.1 Å². The van der Waals surface area contributed by atoms with E-state index < -0.39 is 0 Å². The summed E-state index contributed by atoms with van der Waals surface area (Å²) in [6, 6.07) is -0.193. The van der Waals surface area contributed by atoms with Crippen LogP contribution in [0.25, 0.3) is 0 Å². The van der Waals surface area contributed by atoms with Gasteiger partial charge >= 0.3 is 6.03 Å². The molecule has 1 fully saturated rings. The van der Waals surface area contributed by atoms with Crippen molar-refractivity contribution in [1.82, 2.24) is 14.7 Å². The van der Waals surface area contributed by atoms with Crippen LogP contribution in [0.4, 0.5) is 10.5 Å². The highest BCUT2D eigenvalue weighted by Crippen LogP contribution is 2.21. The minimum atomic E-state index is -0.127. The van der Waals surface area contributed by atoms with Crippen LogP contribution in [0.1, 0.15) is 45.7 Å². The van der Waals surface area contributed by atoms with Crippen molar-refractivity contribution in [2.45, 2.75) is 59.0 Å². The SMILES string of the molecule is CCc1c(NC(=O)N2CCCC[C@@H]2CO)cnn1CC(C)C. The van der Waals surface area contributed by atoms with Gasteiger partial charge in [-0.25, -0.2) is 4.79 Å². The van der Waals surface area contributed by atoms with Crippen LogP contribution in [0.3, 0.4) is 0 Å². The fourth-order valence-electron chi connectivity index (χ4n) is 3.04. The molecule has 2 amide bonds. The van der Waals surface area contributed by atoms with Gasteiger partial charge in [0.1, 0.15) is 0 Å². The molecule has 0 unspecified atom stereocenters. The highest BCUT2D eigenvalue weighted by atomic mass is 16.3. The molecule has 2 rings (SSSR count). The Morgan fingerprint density at radius 1 is 1.50 bits per heavy atom. The molecular weight excluding hydrogens is 280 g/mol. The van der Waals surface area contributed by atoms with E-state index in [0.717, 1.165) is 43.6 Å². The number of aromatic nitrogens is 2. The number of rotatable bonds is 5. The molecule has 1 atom stereocenters. The lowest BCUT2D eigenvalue weighted by Gasteiger charge is -2.34. The van der Waals surface area contributed by atoms with E-state index in [2.05, 4.69) is 31.2 Å². The van der Waals surface area contributed by atoms with Crippen molar-refractivity contribution < 1.29 is 9.90 Å². The molecule has 1 aromatic heterocycles. The maximum atomic E-state index is 12.5. The van der Waals surface area contributed by atoms with Crippen LogP contribution < -0.4 is 5.32 Å². The predicted octanol–water partition coefficient (Wildman–Crippen LogP) is 2.48. The Balaban J connectivity index is 2.09. The summed E-state index contributed by atoms with van der Waals surface area (Å²) in [4.78, 5) is 14.3. The predicted molar refractivity (Wildman–Crippen MR) is 86.9 cm³/mol. The summed E-state index contributed by atoms with van der Waals surface area (Å²) in [5, 5.41) is 16.8. The zero-order chi connectivity index (χ0) is 16.1. The average molecular weight is 308 g/mol. The molecule has 2 heterocycles. The second kappa shape index (κ2) is 7.63. The number of urea groups is 1. The topological polar surface area (TPSA) is 70.4 Å². The Morgan fingerprint density at radius 3 is 2.91 bits per heavy atom. The van der Waals surface area contributed by atoms with E-state index in [4.69, 9.17) is 0 Å². The van der Waals surface area contributed by atoms with E-state index in [-0.39, 0.29) is 18.7 Å². The van der Waals surface area contributed by atoms with Crippen molar-refractivity contribution in [2.24, 2.45) is 5.92 Å². The van der Waals surface area contributed by atoms with Crippen molar-refractivity contribution in [3.8, 4) is 0 Å². The van der Waals surface area contributed by atoms with Gasteiger partial charge in [-0.1, -0.05) is 20.8 Å². The molecule has 22 heavy (non-hydrogen) atoms. The molecule has 0 radical (unpaired) electrons. The summed E-state index contributed by atoms with van der Waals surface area (Å²) in [5.41, 5.74) is 1.84. The highest BCUT2D eigenvalue weighted by molar-refractivity contribution is 5.90. The third-order valence-corrected chi connectivity index (χ3v) is 4.16. The van der Waals surface area contributed by atoms with Gasteiger partial charge in [0.25, 0.3) is 0 Å². The lowest BCUT2D eigenvalue weighted by Crippen LogP contribution is -2.47. The van der Waals surface area contributed by atoms with Crippen molar-refractivity contribution in [3.05, 3.63) is 11.9 Å². The second-order valence-electron chi connectivity index (χ2n) is 6.39. The van der Waals surface area contributed by atoms with Gasteiger partial charge in [-0.15, -0.1) is 0 Å². The lowest BCUT2D eigenvalue weighted by molar-refractivity contribution is 0.115. The van der Waals surface area contributed by atoms with Crippen LogP contribution in [0, 0.1) is 5.92 Å². The van der Waals surface area contributed by atoms with E-state index in [9.17, 15) is 9.90 Å². The molecule has 0 aromatic carbocycles. The molecule has 1 aromatic rings. The van der Waals surface area contributed by atoms with Gasteiger partial charge in [-0.05, 0) is 31.6 Å². The van der Waals surface area contributed by atoms with Gasteiger partial charge in [0.15, 0.2) is 0 Å². The molecule has 124 valence electrons. The quantitative estimate of drug-likeness (QED) is 0.878. The molecule has 0 bridgehead atoms. The normalized spacial score (nSPS) is 18.8. The number of hydrogen-bond donors (Lipinski definition) is 2. The fraction of sp³-hybridized carbons (Fsp3) is 0.750. The number of hydrogen-bond acceptors (Lipinski definition) is 3. The molecule has 2 N–H and O–H groups in total. The molecule has 1 aliphatic heterocycles. The van der Waals surface area contributed by atoms with Crippen molar-refractivity contribution in [2.75, 3.05) is 18.5 Å². The van der Waals surface area contributed by atoms with Gasteiger partial charge in [-0.3, -0.25) is 4.68 Å². The number of aliphatic hydroxyl groups excluding tert-OH is 1. The lowest BCUT2D eigenvalue weighted by atomic mass is 10.0. The van der Waals surface area contributed by atoms with E-state index in [0.29, 0.717) is 12.5 Å². The zero-order valence-electron chi connectivity index (χ0n) is 13.9. The maximum Gasteiger partial charge on any atom is 0.322 e. The number of aliphatic hydroxyl groups is 1. The summed E-state index contributed by atoms with van der Waals surface area (Å²) in [6.07, 6.45) is 5.50. The van der Waals surface area contributed by atoms with Gasteiger partial charge < -0.3 is 15.3 Å². The van der Waals surface area contributed by atoms with Gasteiger partial charge in [0.05, 0.1) is 30.2 Å². The fourth-order valence-corrected chi connectivity index (χ4v) is 3.04. The monoisotopic (exact) mass is 308 g/mol. The van der Waals surface area contributed by atoms with Crippen LogP contribution in [0.2, 0.25) is 0 Å². The van der Waals surface area contributed by atoms with Crippen molar-refractivity contribution in [1.29, 1.82) is 0 Å². The molecule has 6 nitrogen and oxygen atoms in total. The Kier molecular flexibility index (Phi) is 5.83. The summed E-state index contributed by atoms with van der Waals surface area (Å²) in [7, 11) is 0. The van der Waals surface area contributed by atoms with Crippen molar-refractivity contribution >= 4 is 11.7 Å². The summed E-state index contributed by atoms with van der Waals surface area (Å²) in [5.74, 6) is 0.509. The molecule has 1 aliphatic rings. The molecule has 0 spiro atoms. The first-order valence-electron chi connectivity index (χ1n) is 8.30.